The van der Waals surface area contributed by atoms with Gasteiger partial charge in [0.15, 0.2) is 0 Å². The van der Waals surface area contributed by atoms with Gasteiger partial charge in [0.2, 0.25) is 0 Å². The quantitative estimate of drug-likeness (QED) is 0.940. The maximum atomic E-state index is 12.9. The van der Waals surface area contributed by atoms with Crippen molar-refractivity contribution in [3.8, 4) is 0 Å². The number of nitrogens with two attached hydrogens (primary N) is 1. The highest BCUT2D eigenvalue weighted by Crippen LogP contribution is 2.36. The van der Waals surface area contributed by atoms with E-state index in [1.54, 1.807) is 17.4 Å². The SMILES string of the molecule is CC(C)n1cc(N)cc1C(=O)N1CCCC1c1cccs1. The first-order chi connectivity index (χ1) is 10.1. The summed E-state index contributed by atoms with van der Waals surface area (Å²) in [6.07, 6.45) is 3.96. The van der Waals surface area contributed by atoms with Crippen LogP contribution in [0.15, 0.2) is 29.8 Å². The first-order valence-corrected chi connectivity index (χ1v) is 8.27. The predicted molar refractivity (Wildman–Crippen MR) is 86.6 cm³/mol. The van der Waals surface area contributed by atoms with Crippen LogP contribution in [0.25, 0.3) is 0 Å². The largest absolute Gasteiger partial charge is 0.397 e. The Balaban J connectivity index is 1.91. The highest BCUT2D eigenvalue weighted by atomic mass is 32.1. The molecule has 1 fully saturated rings. The maximum Gasteiger partial charge on any atom is 0.271 e. The van der Waals surface area contributed by atoms with Crippen molar-refractivity contribution in [1.82, 2.24) is 9.47 Å². The average molecular weight is 303 g/mol. The van der Waals surface area contributed by atoms with Gasteiger partial charge in [-0.2, -0.15) is 0 Å². The average Bonchev–Trinajstić information content (AvgIpc) is 3.17. The molecule has 5 heteroatoms. The van der Waals surface area contributed by atoms with E-state index >= 15 is 0 Å². The first kappa shape index (κ1) is 14.2. The molecule has 21 heavy (non-hydrogen) atoms. The van der Waals surface area contributed by atoms with Gasteiger partial charge in [-0.1, -0.05) is 6.07 Å². The van der Waals surface area contributed by atoms with Crippen LogP contribution in [0, 0.1) is 0 Å². The molecule has 112 valence electrons. The summed E-state index contributed by atoms with van der Waals surface area (Å²) in [5, 5.41) is 2.07. The zero-order valence-electron chi connectivity index (χ0n) is 12.5. The molecular formula is C16H21N3OS. The number of aromatic nitrogens is 1. The van der Waals surface area contributed by atoms with E-state index in [0.717, 1.165) is 19.4 Å². The number of carbonyl (C=O) groups excluding carboxylic acids is 1. The predicted octanol–water partition coefficient (Wildman–Crippen LogP) is 3.69. The van der Waals surface area contributed by atoms with Crippen LogP contribution in [0.2, 0.25) is 0 Å². The number of likely N-dealkylation sites (tertiary alicyclic amines) is 1. The number of hydrogen-bond donors (Lipinski definition) is 1. The summed E-state index contributed by atoms with van der Waals surface area (Å²) in [7, 11) is 0. The summed E-state index contributed by atoms with van der Waals surface area (Å²) < 4.78 is 1.97. The van der Waals surface area contributed by atoms with Crippen LogP contribution in [0.4, 0.5) is 5.69 Å². The minimum Gasteiger partial charge on any atom is -0.397 e. The molecule has 3 rings (SSSR count). The highest BCUT2D eigenvalue weighted by Gasteiger charge is 2.32. The molecule has 1 aliphatic rings. The molecule has 0 bridgehead atoms. The number of thiophene rings is 1. The van der Waals surface area contributed by atoms with E-state index in [1.165, 1.54) is 4.88 Å². The molecule has 1 saturated heterocycles. The van der Waals surface area contributed by atoms with Gasteiger partial charge in [-0.15, -0.1) is 11.3 Å². The van der Waals surface area contributed by atoms with Crippen LogP contribution in [0.1, 0.15) is 54.1 Å². The molecule has 0 aromatic carbocycles. The smallest absolute Gasteiger partial charge is 0.271 e. The van der Waals surface area contributed by atoms with Crippen LogP contribution in [0.5, 0.6) is 0 Å². The standard InChI is InChI=1S/C16H21N3OS/c1-11(2)19-10-12(17)9-14(19)16(20)18-7-3-5-13(18)15-6-4-8-21-15/h4,6,8-11,13H,3,5,7,17H2,1-2H3. The van der Waals surface area contributed by atoms with Crippen molar-refractivity contribution in [3.05, 3.63) is 40.3 Å². The van der Waals surface area contributed by atoms with Crippen molar-refractivity contribution in [2.24, 2.45) is 0 Å². The molecule has 2 N–H and O–H groups in total. The third-order valence-corrected chi connectivity index (χ3v) is 5.00. The lowest BCUT2D eigenvalue weighted by Gasteiger charge is -2.25. The molecule has 1 unspecified atom stereocenters. The zero-order chi connectivity index (χ0) is 15.0. The molecule has 0 spiro atoms. The van der Waals surface area contributed by atoms with Gasteiger partial charge in [-0.05, 0) is 44.2 Å². The van der Waals surface area contributed by atoms with Crippen molar-refractivity contribution >= 4 is 22.9 Å². The second-order valence-electron chi connectivity index (χ2n) is 5.83. The Labute approximate surface area is 129 Å². The second kappa shape index (κ2) is 5.56. The van der Waals surface area contributed by atoms with Gasteiger partial charge < -0.3 is 15.2 Å². The fourth-order valence-electron chi connectivity index (χ4n) is 3.03. The number of carbonyl (C=O) groups is 1. The van der Waals surface area contributed by atoms with Crippen molar-refractivity contribution in [2.45, 2.75) is 38.8 Å². The molecule has 1 amide bonds. The summed E-state index contributed by atoms with van der Waals surface area (Å²) in [5.41, 5.74) is 7.25. The lowest BCUT2D eigenvalue weighted by atomic mass is 10.2. The number of anilines is 1. The number of nitrogens with zero attached hydrogens (tertiary/aromatic N) is 2. The topological polar surface area (TPSA) is 51.3 Å². The van der Waals surface area contributed by atoms with Crippen molar-refractivity contribution in [1.29, 1.82) is 0 Å². The van der Waals surface area contributed by atoms with E-state index in [0.29, 0.717) is 11.4 Å². The van der Waals surface area contributed by atoms with Gasteiger partial charge in [0.05, 0.1) is 11.7 Å². The Hall–Kier alpha value is -1.75. The molecule has 1 atom stereocenters. The Morgan fingerprint density at radius 3 is 2.95 bits per heavy atom. The molecule has 0 radical (unpaired) electrons. The molecule has 0 saturated carbocycles. The van der Waals surface area contributed by atoms with E-state index in [9.17, 15) is 4.79 Å². The van der Waals surface area contributed by atoms with E-state index in [4.69, 9.17) is 5.73 Å². The van der Waals surface area contributed by atoms with Crippen LogP contribution < -0.4 is 5.73 Å². The summed E-state index contributed by atoms with van der Waals surface area (Å²) in [6.45, 7) is 4.96. The van der Waals surface area contributed by atoms with Gasteiger partial charge in [-0.25, -0.2) is 0 Å². The maximum absolute atomic E-state index is 12.9. The third kappa shape index (κ3) is 2.58. The van der Waals surface area contributed by atoms with Gasteiger partial charge in [0.25, 0.3) is 5.91 Å². The fourth-order valence-corrected chi connectivity index (χ4v) is 3.91. The number of hydrogen-bond acceptors (Lipinski definition) is 3. The summed E-state index contributed by atoms with van der Waals surface area (Å²) >= 11 is 1.73. The van der Waals surface area contributed by atoms with E-state index < -0.39 is 0 Å². The normalized spacial score (nSPS) is 18.6. The van der Waals surface area contributed by atoms with Crippen LogP contribution in [-0.4, -0.2) is 21.9 Å². The third-order valence-electron chi connectivity index (χ3n) is 4.03. The number of amides is 1. The Morgan fingerprint density at radius 1 is 1.48 bits per heavy atom. The van der Waals surface area contributed by atoms with Crippen molar-refractivity contribution in [3.63, 3.8) is 0 Å². The van der Waals surface area contributed by atoms with Gasteiger partial charge in [-0.3, -0.25) is 4.79 Å². The molecule has 3 heterocycles. The minimum atomic E-state index is 0.0938. The van der Waals surface area contributed by atoms with Crippen LogP contribution >= 0.6 is 11.3 Å². The molecule has 2 aromatic rings. The van der Waals surface area contributed by atoms with Crippen molar-refractivity contribution < 1.29 is 4.79 Å². The summed E-state index contributed by atoms with van der Waals surface area (Å²) in [4.78, 5) is 16.2. The highest BCUT2D eigenvalue weighted by molar-refractivity contribution is 7.10. The second-order valence-corrected chi connectivity index (χ2v) is 6.81. The van der Waals surface area contributed by atoms with Gasteiger partial charge >= 0.3 is 0 Å². The molecular weight excluding hydrogens is 282 g/mol. The van der Waals surface area contributed by atoms with Gasteiger partial charge in [0, 0.05) is 23.7 Å². The minimum absolute atomic E-state index is 0.0938. The molecule has 2 aromatic heterocycles. The first-order valence-electron chi connectivity index (χ1n) is 7.39. The summed E-state index contributed by atoms with van der Waals surface area (Å²) in [5.74, 6) is 0.0938. The lowest BCUT2D eigenvalue weighted by Crippen LogP contribution is -2.32. The monoisotopic (exact) mass is 303 g/mol. The van der Waals surface area contributed by atoms with E-state index in [1.807, 2.05) is 15.7 Å². The Kier molecular flexibility index (Phi) is 3.76. The molecule has 4 nitrogen and oxygen atoms in total. The lowest BCUT2D eigenvalue weighted by molar-refractivity contribution is 0.0725. The fraction of sp³-hybridized carbons (Fsp3) is 0.438. The summed E-state index contributed by atoms with van der Waals surface area (Å²) in [6, 6.07) is 6.41. The van der Waals surface area contributed by atoms with Crippen LogP contribution in [0.3, 0.4) is 0 Å². The van der Waals surface area contributed by atoms with Gasteiger partial charge in [0.1, 0.15) is 5.69 Å². The molecule has 0 aliphatic carbocycles. The van der Waals surface area contributed by atoms with E-state index in [2.05, 4.69) is 31.4 Å². The zero-order valence-corrected chi connectivity index (χ0v) is 13.3. The number of rotatable bonds is 3. The Bertz CT molecular complexity index is 630. The van der Waals surface area contributed by atoms with Crippen molar-refractivity contribution in [2.75, 3.05) is 12.3 Å². The molecule has 1 aliphatic heterocycles. The van der Waals surface area contributed by atoms with E-state index in [-0.39, 0.29) is 18.0 Å². The number of nitrogen functional groups attached to an aromatic ring is 1. The van der Waals surface area contributed by atoms with Crippen LogP contribution in [-0.2, 0) is 0 Å². The Morgan fingerprint density at radius 2 is 2.29 bits per heavy atom.